The molecule has 3 aromatic carbocycles. The van der Waals surface area contributed by atoms with E-state index in [4.69, 9.17) is 16.2 Å². The van der Waals surface area contributed by atoms with Crippen molar-refractivity contribution in [2.45, 2.75) is 37.8 Å². The highest BCUT2D eigenvalue weighted by molar-refractivity contribution is 5.92. The minimum absolute atomic E-state index is 0.0376. The molecule has 1 unspecified atom stereocenters. The minimum atomic E-state index is -0.708. The molecule has 2 amide bonds. The summed E-state index contributed by atoms with van der Waals surface area (Å²) in [4.78, 5) is 30.8. The lowest BCUT2D eigenvalue weighted by Gasteiger charge is -2.23. The Kier molecular flexibility index (Phi) is 10.5. The molecule has 37 heavy (non-hydrogen) atoms. The van der Waals surface area contributed by atoms with E-state index in [0.29, 0.717) is 32.4 Å². The van der Waals surface area contributed by atoms with Crippen LogP contribution in [0.1, 0.15) is 41.9 Å². The van der Waals surface area contributed by atoms with Gasteiger partial charge in [-0.2, -0.15) is 0 Å². The second-order valence-electron chi connectivity index (χ2n) is 8.68. The van der Waals surface area contributed by atoms with Crippen LogP contribution in [-0.4, -0.2) is 37.5 Å². The number of carbonyl (C=O) groups is 2. The Bertz CT molecular complexity index is 1110. The lowest BCUT2D eigenvalue weighted by Crippen LogP contribution is -2.48. The van der Waals surface area contributed by atoms with E-state index in [0.717, 1.165) is 22.4 Å². The number of hydrogen-bond acceptors (Lipinski definition) is 4. The maximum absolute atomic E-state index is 13.6. The first-order chi connectivity index (χ1) is 18.0. The van der Waals surface area contributed by atoms with E-state index < -0.39 is 12.0 Å². The number of methoxy groups -OCH3 is 1. The third-order valence-corrected chi connectivity index (χ3v) is 5.98. The number of ether oxygens (including phenoxy) is 1. The first-order valence-corrected chi connectivity index (χ1v) is 12.3. The third-order valence-electron chi connectivity index (χ3n) is 5.98. The number of nitrogens with two attached hydrogens (primary N) is 2. The monoisotopic (exact) mass is 501 g/mol. The number of aliphatic imine (C=N–C) groups is 1. The fraction of sp³-hybridized carbons (Fsp3) is 0.276. The van der Waals surface area contributed by atoms with Crippen molar-refractivity contribution in [3.05, 3.63) is 102 Å². The van der Waals surface area contributed by atoms with Gasteiger partial charge < -0.3 is 26.8 Å². The Morgan fingerprint density at radius 1 is 0.838 bits per heavy atom. The molecule has 0 aromatic heterocycles. The molecule has 8 heteroatoms. The summed E-state index contributed by atoms with van der Waals surface area (Å²) in [6.45, 7) is 0.803. The summed E-state index contributed by atoms with van der Waals surface area (Å²) >= 11 is 0. The number of amides is 2. The molecule has 194 valence electrons. The molecule has 3 rings (SSSR count). The molecule has 0 saturated heterocycles. The van der Waals surface area contributed by atoms with Gasteiger partial charge in [0.1, 0.15) is 11.8 Å². The van der Waals surface area contributed by atoms with Crippen molar-refractivity contribution >= 4 is 17.8 Å². The maximum atomic E-state index is 13.6. The molecule has 0 heterocycles. The number of guanidine groups is 1. The van der Waals surface area contributed by atoms with Crippen molar-refractivity contribution in [2.24, 2.45) is 16.5 Å². The first-order valence-electron chi connectivity index (χ1n) is 12.3. The predicted molar refractivity (Wildman–Crippen MR) is 146 cm³/mol. The van der Waals surface area contributed by atoms with Gasteiger partial charge in [0.15, 0.2) is 5.96 Å². The van der Waals surface area contributed by atoms with Crippen molar-refractivity contribution in [3.8, 4) is 5.75 Å². The average Bonchev–Trinajstić information content (AvgIpc) is 2.92. The Morgan fingerprint density at radius 2 is 1.43 bits per heavy atom. The maximum Gasteiger partial charge on any atom is 0.242 e. The van der Waals surface area contributed by atoms with E-state index in [-0.39, 0.29) is 17.8 Å². The van der Waals surface area contributed by atoms with Crippen LogP contribution in [-0.2, 0) is 16.1 Å². The van der Waals surface area contributed by atoms with Gasteiger partial charge in [0.2, 0.25) is 11.8 Å². The number of unbranched alkanes of at least 4 members (excludes halogenated alkanes) is 1. The molecule has 1 atom stereocenters. The van der Waals surface area contributed by atoms with Crippen LogP contribution in [0.5, 0.6) is 5.75 Å². The summed E-state index contributed by atoms with van der Waals surface area (Å²) in [5.74, 6) is -0.234. The van der Waals surface area contributed by atoms with Crippen LogP contribution in [0.3, 0.4) is 0 Å². The normalized spacial score (nSPS) is 11.4. The molecule has 0 radical (unpaired) electrons. The van der Waals surface area contributed by atoms with Gasteiger partial charge in [-0.3, -0.25) is 14.6 Å². The highest BCUT2D eigenvalue weighted by Crippen LogP contribution is 2.25. The van der Waals surface area contributed by atoms with Crippen LogP contribution in [0.25, 0.3) is 0 Å². The second-order valence-corrected chi connectivity index (χ2v) is 8.68. The number of hydrogen-bond donors (Lipinski definition) is 4. The quantitative estimate of drug-likeness (QED) is 0.162. The molecular formula is C29H35N5O3. The third kappa shape index (κ3) is 8.68. The summed E-state index contributed by atoms with van der Waals surface area (Å²) in [6, 6.07) is 25.9. The largest absolute Gasteiger partial charge is 0.497 e. The molecule has 0 saturated carbocycles. The number of nitrogens with zero attached hydrogens (tertiary/aromatic N) is 1. The zero-order chi connectivity index (χ0) is 26.5. The zero-order valence-electron chi connectivity index (χ0n) is 21.1. The Balaban J connectivity index is 1.74. The highest BCUT2D eigenvalue weighted by atomic mass is 16.5. The molecule has 0 aliphatic heterocycles. The van der Waals surface area contributed by atoms with Crippen LogP contribution < -0.4 is 26.8 Å². The standard InChI is InChI=1S/C29H35N5O3/c1-37-24-17-15-21(16-18-24)20-33-27(35)25(14-8-9-19-32-29(30)31)34-28(36)26(22-10-4-2-5-11-22)23-12-6-3-7-13-23/h2-7,10-13,15-18,25-26H,8-9,14,19-20H2,1H3,(H,33,35)(H,34,36)(H4,30,31,32). The summed E-state index contributed by atoms with van der Waals surface area (Å²) in [7, 11) is 1.61. The Hall–Kier alpha value is -4.33. The van der Waals surface area contributed by atoms with Crippen LogP contribution in [0, 0.1) is 0 Å². The van der Waals surface area contributed by atoms with E-state index in [1.807, 2.05) is 84.9 Å². The van der Waals surface area contributed by atoms with Gasteiger partial charge in [-0.05, 0) is 48.1 Å². The van der Waals surface area contributed by atoms with Crippen molar-refractivity contribution in [1.82, 2.24) is 10.6 Å². The molecule has 0 aliphatic rings. The summed E-state index contributed by atoms with van der Waals surface area (Å²) < 4.78 is 5.19. The van der Waals surface area contributed by atoms with Crippen LogP contribution in [0.2, 0.25) is 0 Å². The van der Waals surface area contributed by atoms with Gasteiger partial charge in [0, 0.05) is 13.1 Å². The average molecular weight is 502 g/mol. The van der Waals surface area contributed by atoms with Crippen molar-refractivity contribution in [3.63, 3.8) is 0 Å². The van der Waals surface area contributed by atoms with E-state index in [9.17, 15) is 9.59 Å². The molecule has 0 bridgehead atoms. The molecular weight excluding hydrogens is 466 g/mol. The van der Waals surface area contributed by atoms with Gasteiger partial charge in [-0.1, -0.05) is 72.8 Å². The molecule has 8 nitrogen and oxygen atoms in total. The van der Waals surface area contributed by atoms with E-state index in [1.165, 1.54) is 0 Å². The van der Waals surface area contributed by atoms with Gasteiger partial charge in [-0.15, -0.1) is 0 Å². The van der Waals surface area contributed by atoms with Gasteiger partial charge >= 0.3 is 0 Å². The van der Waals surface area contributed by atoms with Crippen molar-refractivity contribution in [1.29, 1.82) is 0 Å². The number of rotatable bonds is 13. The Morgan fingerprint density at radius 3 is 1.97 bits per heavy atom. The van der Waals surface area contributed by atoms with E-state index >= 15 is 0 Å². The van der Waals surface area contributed by atoms with Crippen molar-refractivity contribution in [2.75, 3.05) is 13.7 Å². The van der Waals surface area contributed by atoms with E-state index in [1.54, 1.807) is 7.11 Å². The summed E-state index contributed by atoms with van der Waals surface area (Å²) in [5, 5.41) is 5.97. The van der Waals surface area contributed by atoms with Crippen LogP contribution in [0.4, 0.5) is 0 Å². The van der Waals surface area contributed by atoms with Gasteiger partial charge in [-0.25, -0.2) is 0 Å². The topological polar surface area (TPSA) is 132 Å². The summed E-state index contributed by atoms with van der Waals surface area (Å²) in [6.07, 6.45) is 1.81. The van der Waals surface area contributed by atoms with Gasteiger partial charge in [0.25, 0.3) is 0 Å². The summed E-state index contributed by atoms with van der Waals surface area (Å²) in [5.41, 5.74) is 13.5. The molecule has 0 fully saturated rings. The SMILES string of the molecule is COc1ccc(CNC(=O)C(CCCCN=C(N)N)NC(=O)C(c2ccccc2)c2ccccc2)cc1. The fourth-order valence-corrected chi connectivity index (χ4v) is 4.03. The number of nitrogens with one attached hydrogen (secondary N) is 2. The van der Waals surface area contributed by atoms with E-state index in [2.05, 4.69) is 15.6 Å². The molecule has 3 aromatic rings. The lowest BCUT2D eigenvalue weighted by atomic mass is 9.90. The number of carbonyl (C=O) groups excluding carboxylic acids is 2. The smallest absolute Gasteiger partial charge is 0.242 e. The highest BCUT2D eigenvalue weighted by Gasteiger charge is 2.27. The minimum Gasteiger partial charge on any atom is -0.497 e. The van der Waals surface area contributed by atoms with Crippen LogP contribution in [0.15, 0.2) is 89.9 Å². The second kappa shape index (κ2) is 14.3. The first kappa shape index (κ1) is 27.3. The number of benzene rings is 3. The zero-order valence-corrected chi connectivity index (χ0v) is 21.1. The lowest BCUT2D eigenvalue weighted by molar-refractivity contribution is -0.129. The van der Waals surface area contributed by atoms with Gasteiger partial charge in [0.05, 0.1) is 13.0 Å². The predicted octanol–water partition coefficient (Wildman–Crippen LogP) is 3.07. The molecule has 6 N–H and O–H groups in total. The molecule has 0 aliphatic carbocycles. The fourth-order valence-electron chi connectivity index (χ4n) is 4.03. The van der Waals surface area contributed by atoms with Crippen LogP contribution >= 0.6 is 0 Å². The van der Waals surface area contributed by atoms with Crippen molar-refractivity contribution < 1.29 is 14.3 Å². The molecule has 0 spiro atoms. The Labute approximate surface area is 218 Å².